The first-order valence-corrected chi connectivity index (χ1v) is 10.7. The highest BCUT2D eigenvalue weighted by atomic mass is 16.5. The lowest BCUT2D eigenvalue weighted by atomic mass is 10.0. The van der Waals surface area contributed by atoms with Crippen LogP contribution < -0.4 is 9.47 Å². The molecule has 0 spiro atoms. The molecule has 5 rings (SSSR count). The first kappa shape index (κ1) is 21.1. The molecule has 0 fully saturated rings. The second kappa shape index (κ2) is 9.38. The van der Waals surface area contributed by atoms with E-state index in [1.807, 2.05) is 60.7 Å². The number of nitrogens with zero attached hydrogens (tertiary/aromatic N) is 1. The molecule has 0 unspecified atom stereocenters. The third-order valence-corrected chi connectivity index (χ3v) is 5.27. The molecule has 1 aromatic heterocycles. The molecule has 0 atom stereocenters. The van der Waals surface area contributed by atoms with Gasteiger partial charge in [-0.25, -0.2) is 14.6 Å². The van der Waals surface area contributed by atoms with E-state index in [1.165, 1.54) is 0 Å². The molecule has 0 aliphatic heterocycles. The number of rotatable bonds is 5. The van der Waals surface area contributed by atoms with Crippen LogP contribution in [-0.4, -0.2) is 16.9 Å². The van der Waals surface area contributed by atoms with Gasteiger partial charge >= 0.3 is 11.9 Å². The van der Waals surface area contributed by atoms with Crippen molar-refractivity contribution in [1.82, 2.24) is 4.98 Å². The number of esters is 2. The van der Waals surface area contributed by atoms with Gasteiger partial charge in [-0.15, -0.1) is 0 Å². The summed E-state index contributed by atoms with van der Waals surface area (Å²) in [5.41, 5.74) is 2.72. The van der Waals surface area contributed by atoms with Crippen LogP contribution in [0.3, 0.4) is 0 Å². The smallest absolute Gasteiger partial charge is 0.347 e. The van der Waals surface area contributed by atoms with Crippen molar-refractivity contribution in [3.8, 4) is 22.8 Å². The summed E-state index contributed by atoms with van der Waals surface area (Å²) in [7, 11) is 0. The van der Waals surface area contributed by atoms with Gasteiger partial charge < -0.3 is 9.47 Å². The SMILES string of the molecule is O=C(Oc1ccccc1)c1ccccc1OC(=O)c1cc(-c2ccccc2)nc2ccccc12. The molecule has 0 radical (unpaired) electrons. The molecule has 5 heteroatoms. The van der Waals surface area contributed by atoms with Crippen LogP contribution in [0.25, 0.3) is 22.2 Å². The van der Waals surface area contributed by atoms with Gasteiger partial charge in [0.2, 0.25) is 0 Å². The van der Waals surface area contributed by atoms with E-state index >= 15 is 0 Å². The van der Waals surface area contributed by atoms with E-state index in [2.05, 4.69) is 0 Å². The molecule has 0 saturated heterocycles. The van der Waals surface area contributed by atoms with Crippen molar-refractivity contribution in [2.24, 2.45) is 0 Å². The predicted molar refractivity (Wildman–Crippen MR) is 130 cm³/mol. The number of ether oxygens (including phenoxy) is 2. The maximum atomic E-state index is 13.3. The summed E-state index contributed by atoms with van der Waals surface area (Å²) in [5, 5.41) is 0.663. The Bertz CT molecular complexity index is 1480. The van der Waals surface area contributed by atoms with Crippen molar-refractivity contribution in [3.63, 3.8) is 0 Å². The molecule has 164 valence electrons. The Morgan fingerprint density at radius 1 is 0.588 bits per heavy atom. The largest absolute Gasteiger partial charge is 0.423 e. The average Bonchev–Trinajstić information content (AvgIpc) is 2.89. The van der Waals surface area contributed by atoms with Crippen molar-refractivity contribution in [1.29, 1.82) is 0 Å². The third-order valence-electron chi connectivity index (χ3n) is 5.27. The minimum Gasteiger partial charge on any atom is -0.423 e. The highest BCUT2D eigenvalue weighted by Gasteiger charge is 2.20. The van der Waals surface area contributed by atoms with Gasteiger partial charge in [-0.2, -0.15) is 0 Å². The van der Waals surface area contributed by atoms with Gasteiger partial charge in [-0.3, -0.25) is 0 Å². The van der Waals surface area contributed by atoms with Crippen LogP contribution in [0.15, 0.2) is 115 Å². The molecule has 34 heavy (non-hydrogen) atoms. The topological polar surface area (TPSA) is 65.5 Å². The highest BCUT2D eigenvalue weighted by Crippen LogP contribution is 2.27. The number of hydrogen-bond acceptors (Lipinski definition) is 5. The molecular formula is C29H19NO4. The average molecular weight is 445 g/mol. The predicted octanol–water partition coefficient (Wildman–Crippen LogP) is 6.34. The van der Waals surface area contributed by atoms with Gasteiger partial charge in [0.05, 0.1) is 16.8 Å². The lowest BCUT2D eigenvalue weighted by molar-refractivity contribution is 0.0708. The Morgan fingerprint density at radius 2 is 1.21 bits per heavy atom. The number of pyridine rings is 1. The third kappa shape index (κ3) is 4.40. The molecular weight excluding hydrogens is 426 g/mol. The van der Waals surface area contributed by atoms with Crippen molar-refractivity contribution in [3.05, 3.63) is 126 Å². The number of hydrogen-bond donors (Lipinski definition) is 0. The van der Waals surface area contributed by atoms with Crippen LogP contribution in [-0.2, 0) is 0 Å². The molecule has 0 aliphatic rings. The summed E-state index contributed by atoms with van der Waals surface area (Å²) in [6.07, 6.45) is 0. The minimum atomic E-state index is -0.612. The number of aromatic nitrogens is 1. The van der Waals surface area contributed by atoms with E-state index in [0.717, 1.165) is 5.56 Å². The summed E-state index contributed by atoms with van der Waals surface area (Å²) in [4.78, 5) is 30.8. The van der Waals surface area contributed by atoms with Crippen LogP contribution in [0.4, 0.5) is 0 Å². The van der Waals surface area contributed by atoms with Crippen molar-refractivity contribution < 1.29 is 19.1 Å². The molecule has 5 nitrogen and oxygen atoms in total. The number of carbonyl (C=O) groups excluding carboxylic acids is 2. The van der Waals surface area contributed by atoms with Crippen LogP contribution in [0.2, 0.25) is 0 Å². The maximum absolute atomic E-state index is 13.3. The van der Waals surface area contributed by atoms with Crippen molar-refractivity contribution in [2.45, 2.75) is 0 Å². The van der Waals surface area contributed by atoms with Gasteiger partial charge in [0.1, 0.15) is 17.1 Å². The maximum Gasteiger partial charge on any atom is 0.347 e. The van der Waals surface area contributed by atoms with Gasteiger partial charge in [0.25, 0.3) is 0 Å². The zero-order valence-electron chi connectivity index (χ0n) is 18.0. The Labute approximate surface area is 196 Å². The number of para-hydroxylation sites is 3. The monoisotopic (exact) mass is 445 g/mol. The lowest BCUT2D eigenvalue weighted by Gasteiger charge is -2.12. The van der Waals surface area contributed by atoms with Crippen LogP contribution in [0.1, 0.15) is 20.7 Å². The standard InChI is InChI=1S/C29H19NO4/c31-28(33-21-13-5-2-6-14-21)23-16-8-10-18-27(23)34-29(32)24-19-26(20-11-3-1-4-12-20)30-25-17-9-7-15-22(24)25/h1-19H. The molecule has 1 heterocycles. The summed E-state index contributed by atoms with van der Waals surface area (Å²) < 4.78 is 11.2. The Hall–Kier alpha value is -4.77. The van der Waals surface area contributed by atoms with Crippen molar-refractivity contribution in [2.75, 3.05) is 0 Å². The number of carbonyl (C=O) groups is 2. The number of fused-ring (bicyclic) bond motifs is 1. The van der Waals surface area contributed by atoms with E-state index < -0.39 is 11.9 Å². The normalized spacial score (nSPS) is 10.6. The van der Waals surface area contributed by atoms with E-state index in [9.17, 15) is 9.59 Å². The fourth-order valence-electron chi connectivity index (χ4n) is 3.63. The highest BCUT2D eigenvalue weighted by molar-refractivity contribution is 6.06. The van der Waals surface area contributed by atoms with E-state index in [1.54, 1.807) is 54.6 Å². The zero-order chi connectivity index (χ0) is 23.3. The first-order chi connectivity index (χ1) is 16.7. The zero-order valence-corrected chi connectivity index (χ0v) is 18.0. The Morgan fingerprint density at radius 3 is 2.00 bits per heavy atom. The van der Waals surface area contributed by atoms with Crippen molar-refractivity contribution >= 4 is 22.8 Å². The minimum absolute atomic E-state index is 0.121. The molecule has 5 aromatic rings. The molecule has 4 aromatic carbocycles. The fourth-order valence-corrected chi connectivity index (χ4v) is 3.63. The van der Waals surface area contributed by atoms with E-state index in [-0.39, 0.29) is 11.3 Å². The van der Waals surface area contributed by atoms with Gasteiger partial charge in [-0.05, 0) is 36.4 Å². The first-order valence-electron chi connectivity index (χ1n) is 10.7. The lowest BCUT2D eigenvalue weighted by Crippen LogP contribution is -2.15. The summed E-state index contributed by atoms with van der Waals surface area (Å²) in [6.45, 7) is 0. The molecule has 0 amide bonds. The Balaban J connectivity index is 1.50. The quantitative estimate of drug-likeness (QED) is 0.233. The van der Waals surface area contributed by atoms with Crippen LogP contribution >= 0.6 is 0 Å². The second-order valence-electron chi connectivity index (χ2n) is 7.53. The Kier molecular flexibility index (Phi) is 5.82. The molecule has 0 saturated carbocycles. The van der Waals surface area contributed by atoms with Gasteiger partial charge in [0.15, 0.2) is 0 Å². The summed E-state index contributed by atoms with van der Waals surface area (Å²) in [6, 6.07) is 34.0. The molecule has 0 N–H and O–H groups in total. The van der Waals surface area contributed by atoms with Crippen LogP contribution in [0, 0.1) is 0 Å². The van der Waals surface area contributed by atoms with Crippen LogP contribution in [0.5, 0.6) is 11.5 Å². The summed E-state index contributed by atoms with van der Waals surface area (Å²) >= 11 is 0. The molecule has 0 aliphatic carbocycles. The second-order valence-corrected chi connectivity index (χ2v) is 7.53. The number of benzene rings is 4. The van der Waals surface area contributed by atoms with Gasteiger partial charge in [0, 0.05) is 10.9 Å². The summed E-state index contributed by atoms with van der Waals surface area (Å²) in [5.74, 6) is -0.674. The van der Waals surface area contributed by atoms with Gasteiger partial charge in [-0.1, -0.05) is 78.9 Å². The van der Waals surface area contributed by atoms with E-state index in [0.29, 0.717) is 27.9 Å². The molecule has 0 bridgehead atoms. The van der Waals surface area contributed by atoms with E-state index in [4.69, 9.17) is 14.5 Å². The fraction of sp³-hybridized carbons (Fsp3) is 0.